The van der Waals surface area contributed by atoms with Crippen molar-refractivity contribution in [3.63, 3.8) is 0 Å². The molecule has 1 atom stereocenters. The zero-order chi connectivity index (χ0) is 30.2. The van der Waals surface area contributed by atoms with Crippen LogP contribution < -0.4 is 15.0 Å². The normalized spacial score (nSPS) is 15.1. The molecule has 4 amide bonds. The van der Waals surface area contributed by atoms with E-state index < -0.39 is 35.4 Å². The highest BCUT2D eigenvalue weighted by atomic mass is 19.1. The minimum absolute atomic E-state index is 0.0717. The van der Waals surface area contributed by atoms with Crippen molar-refractivity contribution in [3.8, 4) is 22.8 Å². The fourth-order valence-electron chi connectivity index (χ4n) is 4.77. The number of ether oxygens (including phenoxy) is 1. The zero-order valence-corrected chi connectivity index (χ0v) is 22.9. The van der Waals surface area contributed by atoms with Gasteiger partial charge in [-0.25, -0.2) is 27.7 Å². The highest BCUT2D eigenvalue weighted by molar-refractivity contribution is 6.28. The van der Waals surface area contributed by atoms with E-state index in [2.05, 4.69) is 15.4 Å². The molecule has 3 aromatic heterocycles. The lowest BCUT2D eigenvalue weighted by atomic mass is 10.1. The first-order valence-corrected chi connectivity index (χ1v) is 13.2. The molecule has 13 heteroatoms. The molecule has 2 aromatic carbocycles. The van der Waals surface area contributed by atoms with E-state index >= 15 is 4.39 Å². The van der Waals surface area contributed by atoms with Gasteiger partial charge in [0.1, 0.15) is 17.0 Å². The van der Waals surface area contributed by atoms with Gasteiger partial charge >= 0.3 is 11.9 Å². The van der Waals surface area contributed by atoms with Crippen LogP contribution in [0.2, 0.25) is 0 Å². The third-order valence-electron chi connectivity index (χ3n) is 6.96. The molecule has 0 saturated carbocycles. The molecule has 4 heterocycles. The first-order valence-electron chi connectivity index (χ1n) is 13.2. The minimum Gasteiger partial charge on any atom is -0.452 e. The standard InChI is InChI=1S/C30H23F2N7O4/c1-3-37-16-22(29(41)39(30(37)42)21-7-4-19(31)5-8-21)28(40)35-20-6-9-26(23(32)13-20)43-27-12-18(25-14-33-17-36(25)2)15-38-24(27)10-11-34-38/h4-17,22H,3H2,1-2H3/p+1. The number of hydrogen-bond donors (Lipinski definition) is 1. The molecule has 1 aliphatic heterocycles. The number of pyridine rings is 1. The molecular formula is C30H24F2N7O4+. The second-order valence-corrected chi connectivity index (χ2v) is 9.73. The number of amides is 4. The molecule has 11 nitrogen and oxygen atoms in total. The summed E-state index contributed by atoms with van der Waals surface area (Å²) in [6.45, 7) is 1.86. The summed E-state index contributed by atoms with van der Waals surface area (Å²) >= 11 is 0. The van der Waals surface area contributed by atoms with Crippen LogP contribution in [0.15, 0.2) is 79.5 Å². The topological polar surface area (TPSA) is 114 Å². The van der Waals surface area contributed by atoms with Crippen molar-refractivity contribution >= 4 is 41.0 Å². The number of imidazole rings is 1. The van der Waals surface area contributed by atoms with Gasteiger partial charge in [-0.2, -0.15) is 9.89 Å². The van der Waals surface area contributed by atoms with Gasteiger partial charge in [0, 0.05) is 30.6 Å². The van der Waals surface area contributed by atoms with E-state index in [0.717, 1.165) is 34.4 Å². The van der Waals surface area contributed by atoms with Crippen molar-refractivity contribution in [1.29, 1.82) is 0 Å². The first kappa shape index (κ1) is 27.4. The Morgan fingerprint density at radius 1 is 1.07 bits per heavy atom. The zero-order valence-electron chi connectivity index (χ0n) is 22.9. The molecule has 0 spiro atoms. The van der Waals surface area contributed by atoms with E-state index in [1.165, 1.54) is 35.1 Å². The number of nitrogens with one attached hydrogen (secondary N) is 1. The highest BCUT2D eigenvalue weighted by Gasteiger charge is 2.47. The van der Waals surface area contributed by atoms with Gasteiger partial charge in [0.05, 0.1) is 37.2 Å². The predicted octanol–water partition coefficient (Wildman–Crippen LogP) is 4.63. The Morgan fingerprint density at radius 2 is 1.86 bits per heavy atom. The Kier molecular flexibility index (Phi) is 6.98. The van der Waals surface area contributed by atoms with Gasteiger partial charge < -0.3 is 14.6 Å². The number of benzene rings is 2. The van der Waals surface area contributed by atoms with Crippen LogP contribution in [0.5, 0.6) is 11.5 Å². The van der Waals surface area contributed by atoms with Gasteiger partial charge in [0.15, 0.2) is 23.2 Å². The molecule has 0 saturated heterocycles. The summed E-state index contributed by atoms with van der Waals surface area (Å²) in [5.74, 6) is -4.06. The van der Waals surface area contributed by atoms with Crippen molar-refractivity contribution in [1.82, 2.24) is 19.2 Å². The number of nitrogens with zero attached hydrogens (tertiary/aromatic N) is 6. The molecule has 43 heavy (non-hydrogen) atoms. The maximum absolute atomic E-state index is 15.3. The van der Waals surface area contributed by atoms with Gasteiger partial charge in [-0.1, -0.05) is 0 Å². The summed E-state index contributed by atoms with van der Waals surface area (Å²) < 4.78 is 39.3. The van der Waals surface area contributed by atoms with Crippen LogP contribution in [0.1, 0.15) is 6.92 Å². The fraction of sp³-hybridized carbons (Fsp3) is 0.133. The van der Waals surface area contributed by atoms with Gasteiger partial charge in [0.2, 0.25) is 5.91 Å². The second-order valence-electron chi connectivity index (χ2n) is 9.73. The number of rotatable bonds is 7. The third-order valence-corrected chi connectivity index (χ3v) is 6.96. The second kappa shape index (κ2) is 10.9. The summed E-state index contributed by atoms with van der Waals surface area (Å²) in [6.07, 6.45) is 7.97. The van der Waals surface area contributed by atoms with Crippen LogP contribution in [-0.4, -0.2) is 54.3 Å². The monoisotopic (exact) mass is 584 g/mol. The van der Waals surface area contributed by atoms with E-state index in [1.54, 1.807) is 42.3 Å². The largest absolute Gasteiger partial charge is 0.505 e. The Hall–Kier alpha value is -5.72. The molecule has 5 aromatic rings. The van der Waals surface area contributed by atoms with Gasteiger partial charge in [-0.3, -0.25) is 4.79 Å². The van der Waals surface area contributed by atoms with Crippen LogP contribution in [0.3, 0.4) is 0 Å². The van der Waals surface area contributed by atoms with Crippen molar-refractivity contribution < 1.29 is 32.5 Å². The molecule has 1 unspecified atom stereocenters. The molecule has 216 valence electrons. The Morgan fingerprint density at radius 3 is 2.56 bits per heavy atom. The van der Waals surface area contributed by atoms with Crippen molar-refractivity contribution in [3.05, 3.63) is 91.1 Å². The summed E-state index contributed by atoms with van der Waals surface area (Å²) in [5, 5.41) is 6.82. The molecule has 1 aliphatic rings. The smallest absolute Gasteiger partial charge is 0.452 e. The highest BCUT2D eigenvalue weighted by Crippen LogP contribution is 2.33. The number of hydrogen-bond acceptors (Lipinski definition) is 6. The Balaban J connectivity index is 1.24. The quantitative estimate of drug-likeness (QED) is 0.221. The number of urea groups is 1. The Labute approximate surface area is 243 Å². The van der Waals surface area contributed by atoms with Crippen LogP contribution in [-0.2, 0) is 16.6 Å². The van der Waals surface area contributed by atoms with E-state index in [4.69, 9.17) is 4.74 Å². The van der Waals surface area contributed by atoms with Crippen molar-refractivity contribution in [2.45, 2.75) is 6.92 Å². The van der Waals surface area contributed by atoms with E-state index in [0.29, 0.717) is 11.3 Å². The SMILES string of the molecule is CC[N+]1=CC(C(=O)Nc2ccc(Oc3cc(-c4cncn4C)cn4nccc34)c(F)c2)C(=O)N(c2ccc(F)cc2)C1=O. The number of aryl methyl sites for hydroxylation is 1. The lowest BCUT2D eigenvalue weighted by molar-refractivity contribution is -0.419. The predicted molar refractivity (Wildman–Crippen MR) is 152 cm³/mol. The molecule has 0 bridgehead atoms. The number of carbonyl (C=O) groups is 3. The number of imide groups is 1. The minimum atomic E-state index is -1.40. The lowest BCUT2D eigenvalue weighted by Gasteiger charge is -2.22. The summed E-state index contributed by atoms with van der Waals surface area (Å²) in [6, 6.07) is 11.4. The van der Waals surface area contributed by atoms with E-state index in [9.17, 15) is 18.8 Å². The molecule has 6 rings (SSSR count). The third kappa shape index (κ3) is 5.12. The molecule has 0 fully saturated rings. The number of fused-ring (bicyclic) bond motifs is 1. The van der Waals surface area contributed by atoms with E-state index in [1.807, 2.05) is 17.8 Å². The van der Waals surface area contributed by atoms with Crippen LogP contribution >= 0.6 is 0 Å². The molecule has 1 N–H and O–H groups in total. The molecular weight excluding hydrogens is 560 g/mol. The van der Waals surface area contributed by atoms with Gasteiger partial charge in [-0.05, 0) is 55.5 Å². The summed E-state index contributed by atoms with van der Waals surface area (Å²) in [4.78, 5) is 44.3. The van der Waals surface area contributed by atoms with Gasteiger partial charge in [0.25, 0.3) is 0 Å². The summed E-state index contributed by atoms with van der Waals surface area (Å²) in [7, 11) is 1.85. The van der Waals surface area contributed by atoms with Crippen LogP contribution in [0.25, 0.3) is 16.8 Å². The fourth-order valence-corrected chi connectivity index (χ4v) is 4.77. The summed E-state index contributed by atoms with van der Waals surface area (Å²) in [5.41, 5.74) is 2.35. The van der Waals surface area contributed by atoms with Gasteiger partial charge in [-0.15, -0.1) is 4.90 Å². The number of aromatic nitrogens is 4. The average Bonchev–Trinajstić information content (AvgIpc) is 3.64. The number of anilines is 2. The molecule has 0 aliphatic carbocycles. The molecule has 0 radical (unpaired) electrons. The number of carbonyl (C=O) groups excluding carboxylic acids is 3. The van der Waals surface area contributed by atoms with Crippen LogP contribution in [0, 0.1) is 17.6 Å². The first-order chi connectivity index (χ1) is 20.7. The maximum Gasteiger partial charge on any atom is 0.505 e. The Bertz CT molecular complexity index is 1930. The van der Waals surface area contributed by atoms with Crippen LogP contribution in [0.4, 0.5) is 25.0 Å². The number of halogens is 2. The average molecular weight is 585 g/mol. The lowest BCUT2D eigenvalue weighted by Crippen LogP contribution is -2.54. The van der Waals surface area contributed by atoms with Crippen molar-refractivity contribution in [2.75, 3.05) is 16.8 Å². The maximum atomic E-state index is 15.3. The van der Waals surface area contributed by atoms with E-state index in [-0.39, 0.29) is 23.7 Å². The van der Waals surface area contributed by atoms with Crippen molar-refractivity contribution in [2.24, 2.45) is 13.0 Å².